The van der Waals surface area contributed by atoms with Gasteiger partial charge >= 0.3 is 0 Å². The van der Waals surface area contributed by atoms with Gasteiger partial charge in [0.25, 0.3) is 11.8 Å². The van der Waals surface area contributed by atoms with Crippen LogP contribution in [0.4, 0.5) is 5.69 Å². The molecule has 218 valence electrons. The highest BCUT2D eigenvalue weighted by molar-refractivity contribution is 9.10. The lowest BCUT2D eigenvalue weighted by atomic mass is 10.0. The second-order valence-corrected chi connectivity index (χ2v) is 10.8. The molecule has 0 saturated heterocycles. The van der Waals surface area contributed by atoms with Crippen LogP contribution in [0.15, 0.2) is 95.6 Å². The van der Waals surface area contributed by atoms with Crippen LogP contribution in [-0.4, -0.2) is 47.8 Å². The minimum absolute atomic E-state index is 0.193. The lowest BCUT2D eigenvalue weighted by Gasteiger charge is -2.20. The van der Waals surface area contributed by atoms with Crippen molar-refractivity contribution in [2.24, 2.45) is 5.73 Å². The summed E-state index contributed by atoms with van der Waals surface area (Å²) >= 11 is 3.42. The second kappa shape index (κ2) is 13.2. The topological polar surface area (TPSA) is 165 Å². The van der Waals surface area contributed by atoms with Crippen LogP contribution in [-0.2, 0) is 11.2 Å². The molecule has 8 N–H and O–H groups in total. The summed E-state index contributed by atoms with van der Waals surface area (Å²) in [5, 5.41) is 21.3. The number of anilines is 1. The van der Waals surface area contributed by atoms with Gasteiger partial charge in [0.1, 0.15) is 6.04 Å². The first-order chi connectivity index (χ1) is 20.8. The summed E-state index contributed by atoms with van der Waals surface area (Å²) in [5.41, 5.74) is 8.05. The number of H-pyrrole nitrogens is 1. The maximum Gasteiger partial charge on any atom is 0.255 e. The lowest BCUT2D eigenvalue weighted by Crippen LogP contribution is -2.49. The van der Waals surface area contributed by atoms with E-state index >= 15 is 0 Å². The van der Waals surface area contributed by atoms with E-state index < -0.39 is 17.9 Å². The first-order valence-electron chi connectivity index (χ1n) is 13.6. The molecule has 0 bridgehead atoms. The Bertz CT molecular complexity index is 1830. The van der Waals surface area contributed by atoms with Gasteiger partial charge in [-0.2, -0.15) is 0 Å². The Balaban J connectivity index is 1.37. The highest BCUT2D eigenvalue weighted by Gasteiger charge is 2.25. The summed E-state index contributed by atoms with van der Waals surface area (Å²) in [4.78, 5) is 43.4. The Morgan fingerprint density at radius 2 is 1.60 bits per heavy atom. The highest BCUT2D eigenvalue weighted by Crippen LogP contribution is 2.24. The molecule has 1 aromatic heterocycles. The van der Waals surface area contributed by atoms with Gasteiger partial charge in [-0.05, 0) is 52.7 Å². The van der Waals surface area contributed by atoms with Crippen molar-refractivity contribution in [2.45, 2.75) is 12.5 Å². The molecular weight excluding hydrogens is 610 g/mol. The van der Waals surface area contributed by atoms with Crippen molar-refractivity contribution in [1.82, 2.24) is 20.9 Å². The molecule has 11 heteroatoms. The number of carbonyl (C=O) groups is 3. The maximum atomic E-state index is 13.7. The van der Waals surface area contributed by atoms with Crippen LogP contribution in [0.2, 0.25) is 0 Å². The van der Waals surface area contributed by atoms with E-state index in [1.165, 1.54) is 0 Å². The monoisotopic (exact) mass is 639 g/mol. The average Bonchev–Trinajstić information content (AvgIpc) is 3.42. The van der Waals surface area contributed by atoms with Gasteiger partial charge in [0.15, 0.2) is 5.96 Å². The van der Waals surface area contributed by atoms with E-state index in [4.69, 9.17) is 11.1 Å². The van der Waals surface area contributed by atoms with Crippen molar-refractivity contribution >= 4 is 67.0 Å². The third kappa shape index (κ3) is 7.19. The second-order valence-electron chi connectivity index (χ2n) is 9.93. The number of fused-ring (bicyclic) bond motifs is 2. The summed E-state index contributed by atoms with van der Waals surface area (Å²) < 4.78 is 0.634. The van der Waals surface area contributed by atoms with Gasteiger partial charge in [-0.25, -0.2) is 0 Å². The zero-order valence-electron chi connectivity index (χ0n) is 23.0. The predicted molar refractivity (Wildman–Crippen MR) is 172 cm³/mol. The van der Waals surface area contributed by atoms with Gasteiger partial charge < -0.3 is 32.0 Å². The number of nitrogens with two attached hydrogens (primary N) is 1. The summed E-state index contributed by atoms with van der Waals surface area (Å²) in [6.45, 7) is 0.452. The van der Waals surface area contributed by atoms with E-state index in [1.54, 1.807) is 30.3 Å². The van der Waals surface area contributed by atoms with Crippen molar-refractivity contribution in [3.8, 4) is 0 Å². The smallest absolute Gasteiger partial charge is 0.255 e. The summed E-state index contributed by atoms with van der Waals surface area (Å²) in [7, 11) is 0. The number of amides is 3. The van der Waals surface area contributed by atoms with Crippen LogP contribution in [0, 0.1) is 5.41 Å². The van der Waals surface area contributed by atoms with Crippen LogP contribution in [0.3, 0.4) is 0 Å². The van der Waals surface area contributed by atoms with E-state index in [0.717, 1.165) is 27.2 Å². The number of nitrogens with one attached hydrogen (secondary N) is 6. The van der Waals surface area contributed by atoms with Gasteiger partial charge in [0.05, 0.1) is 11.3 Å². The zero-order chi connectivity index (χ0) is 30.3. The van der Waals surface area contributed by atoms with E-state index in [2.05, 4.69) is 42.2 Å². The molecule has 0 radical (unpaired) electrons. The molecule has 3 amide bonds. The number of benzene rings is 4. The normalized spacial score (nSPS) is 11.6. The number of halogens is 1. The molecule has 0 aliphatic rings. The molecule has 0 aliphatic carbocycles. The van der Waals surface area contributed by atoms with Crippen molar-refractivity contribution < 1.29 is 14.4 Å². The fourth-order valence-electron chi connectivity index (χ4n) is 4.81. The Morgan fingerprint density at radius 3 is 2.42 bits per heavy atom. The Labute approximate surface area is 256 Å². The summed E-state index contributed by atoms with van der Waals surface area (Å²) in [5.74, 6) is -1.50. The fraction of sp³-hybridized carbons (Fsp3) is 0.125. The number of aromatic nitrogens is 1. The van der Waals surface area contributed by atoms with Gasteiger partial charge in [0, 0.05) is 46.6 Å². The highest BCUT2D eigenvalue weighted by atomic mass is 79.9. The lowest BCUT2D eigenvalue weighted by molar-refractivity contribution is -0.122. The Hall–Kier alpha value is -5.16. The van der Waals surface area contributed by atoms with Gasteiger partial charge in [-0.1, -0.05) is 64.5 Å². The van der Waals surface area contributed by atoms with Crippen molar-refractivity contribution in [2.75, 3.05) is 18.4 Å². The molecule has 0 fully saturated rings. The molecular formula is C32H30BrN7O3. The van der Waals surface area contributed by atoms with Gasteiger partial charge in [-0.15, -0.1) is 0 Å². The molecule has 1 atom stereocenters. The minimum atomic E-state index is -0.938. The van der Waals surface area contributed by atoms with E-state index in [-0.39, 0.29) is 36.9 Å². The van der Waals surface area contributed by atoms with E-state index in [1.807, 2.05) is 60.8 Å². The number of aromatic amines is 1. The third-order valence-electron chi connectivity index (χ3n) is 6.95. The number of hydrogen-bond donors (Lipinski definition) is 7. The molecule has 5 rings (SSSR count). The third-order valence-corrected chi connectivity index (χ3v) is 7.44. The minimum Gasteiger partial charge on any atom is -0.370 e. The fourth-order valence-corrected chi connectivity index (χ4v) is 5.17. The average molecular weight is 641 g/mol. The standard InChI is InChI=1S/C32H30BrN7O3/c33-23-11-12-27(39-29(41)21-10-9-19-5-1-2-6-20(19)15-21)25(17-23)30(42)40-28(31(43)36-13-14-37-32(34)35)16-22-18-38-26-8-4-3-7-24(22)26/h1-12,15,17-18,28,38H,13-14,16H2,(H,36,43)(H,39,41)(H,40,42)(H4,34,35,37)/t28-/m0/s1. The van der Waals surface area contributed by atoms with Crippen LogP contribution in [0.25, 0.3) is 21.7 Å². The first kappa shape index (κ1) is 29.3. The molecule has 4 aromatic carbocycles. The predicted octanol–water partition coefficient (Wildman–Crippen LogP) is 4.28. The largest absolute Gasteiger partial charge is 0.370 e. The quantitative estimate of drug-likeness (QED) is 0.0687. The molecule has 43 heavy (non-hydrogen) atoms. The Morgan fingerprint density at radius 1 is 0.860 bits per heavy atom. The molecule has 5 aromatic rings. The molecule has 0 spiro atoms. The summed E-state index contributed by atoms with van der Waals surface area (Å²) in [6, 6.07) is 24.9. The van der Waals surface area contributed by atoms with Crippen LogP contribution in [0.5, 0.6) is 0 Å². The number of guanidine groups is 1. The molecule has 0 saturated carbocycles. The SMILES string of the molecule is N=C(N)NCCNC(=O)[C@H](Cc1c[nH]c2ccccc12)NC(=O)c1cc(Br)ccc1NC(=O)c1ccc2ccccc2c1. The van der Waals surface area contributed by atoms with Crippen molar-refractivity contribution in [3.63, 3.8) is 0 Å². The first-order valence-corrected chi connectivity index (χ1v) is 14.4. The van der Waals surface area contributed by atoms with Crippen LogP contribution in [0.1, 0.15) is 26.3 Å². The molecule has 0 unspecified atom stereocenters. The molecule has 10 nitrogen and oxygen atoms in total. The van der Waals surface area contributed by atoms with Crippen LogP contribution >= 0.6 is 15.9 Å². The van der Waals surface area contributed by atoms with E-state index in [0.29, 0.717) is 15.7 Å². The zero-order valence-corrected chi connectivity index (χ0v) is 24.6. The van der Waals surface area contributed by atoms with Gasteiger partial charge in [-0.3, -0.25) is 19.8 Å². The Kier molecular flexibility index (Phi) is 9.02. The molecule has 1 heterocycles. The number of carbonyl (C=O) groups excluding carboxylic acids is 3. The van der Waals surface area contributed by atoms with Crippen molar-refractivity contribution in [3.05, 3.63) is 112 Å². The van der Waals surface area contributed by atoms with Crippen molar-refractivity contribution in [1.29, 1.82) is 5.41 Å². The molecule has 0 aliphatic heterocycles. The van der Waals surface area contributed by atoms with Gasteiger partial charge in [0.2, 0.25) is 5.91 Å². The van der Waals surface area contributed by atoms with Crippen LogP contribution < -0.4 is 27.0 Å². The number of hydrogen-bond acceptors (Lipinski definition) is 4. The number of para-hydroxylation sites is 1. The number of rotatable bonds is 10. The van der Waals surface area contributed by atoms with E-state index in [9.17, 15) is 14.4 Å². The maximum absolute atomic E-state index is 13.7. The summed E-state index contributed by atoms with van der Waals surface area (Å²) in [6.07, 6.45) is 2.04.